The minimum atomic E-state index is -3.60. The van der Waals surface area contributed by atoms with Crippen LogP contribution in [0.25, 0.3) is 0 Å². The van der Waals surface area contributed by atoms with Crippen molar-refractivity contribution in [2.45, 2.75) is 50.0 Å². The molecule has 1 saturated carbocycles. The third-order valence-corrected chi connectivity index (χ3v) is 5.89. The largest absolute Gasteiger partial charge is 0.396 e. The predicted octanol–water partition coefficient (Wildman–Crippen LogP) is 2.75. The number of nitrogens with two attached hydrogens (primary N) is 1. The maximum Gasteiger partial charge on any atom is 0.243 e. The summed E-state index contributed by atoms with van der Waals surface area (Å²) in [4.78, 5) is 0.0730. The quantitative estimate of drug-likeness (QED) is 0.870. The second-order valence-corrected chi connectivity index (χ2v) is 7.07. The monoisotopic (exact) mass is 300 g/mol. The Bertz CT molecular complexity index is 569. The van der Waals surface area contributed by atoms with E-state index in [1.807, 2.05) is 6.92 Å². The van der Waals surface area contributed by atoms with Crippen molar-refractivity contribution in [2.24, 2.45) is 0 Å². The Morgan fingerprint density at radius 3 is 2.50 bits per heavy atom. The van der Waals surface area contributed by atoms with Gasteiger partial charge >= 0.3 is 0 Å². The number of sulfonamides is 1. The van der Waals surface area contributed by atoms with Crippen molar-refractivity contribution in [3.8, 4) is 0 Å². The maximum absolute atomic E-state index is 13.2. The van der Waals surface area contributed by atoms with Gasteiger partial charge in [0.25, 0.3) is 0 Å². The molecule has 0 radical (unpaired) electrons. The number of hydrogen-bond donors (Lipinski definition) is 1. The van der Waals surface area contributed by atoms with Crippen LogP contribution in [-0.2, 0) is 10.0 Å². The molecule has 1 fully saturated rings. The molecule has 4 nitrogen and oxygen atoms in total. The fraction of sp³-hybridized carbons (Fsp3) is 0.571. The minimum absolute atomic E-state index is 0.0463. The van der Waals surface area contributed by atoms with Crippen molar-refractivity contribution in [1.82, 2.24) is 4.31 Å². The predicted molar refractivity (Wildman–Crippen MR) is 77.3 cm³/mol. The zero-order valence-corrected chi connectivity index (χ0v) is 12.5. The van der Waals surface area contributed by atoms with Crippen molar-refractivity contribution in [3.63, 3.8) is 0 Å². The van der Waals surface area contributed by atoms with Crippen LogP contribution in [0.1, 0.15) is 39.0 Å². The number of benzene rings is 1. The van der Waals surface area contributed by atoms with Crippen LogP contribution in [0.5, 0.6) is 0 Å². The molecule has 0 spiro atoms. The van der Waals surface area contributed by atoms with Crippen LogP contribution in [0.15, 0.2) is 23.1 Å². The van der Waals surface area contributed by atoms with Gasteiger partial charge < -0.3 is 5.73 Å². The van der Waals surface area contributed by atoms with E-state index >= 15 is 0 Å². The smallest absolute Gasteiger partial charge is 0.243 e. The molecule has 1 aromatic carbocycles. The fourth-order valence-corrected chi connectivity index (χ4v) is 4.54. The van der Waals surface area contributed by atoms with Gasteiger partial charge in [-0.2, -0.15) is 4.31 Å². The first-order valence-electron chi connectivity index (χ1n) is 7.03. The highest BCUT2D eigenvalue weighted by Gasteiger charge is 2.31. The van der Waals surface area contributed by atoms with E-state index < -0.39 is 15.8 Å². The van der Waals surface area contributed by atoms with Gasteiger partial charge in [0.05, 0.1) is 10.6 Å². The molecule has 1 aromatic rings. The molecule has 2 N–H and O–H groups in total. The van der Waals surface area contributed by atoms with Gasteiger partial charge in [0.1, 0.15) is 5.82 Å². The first-order chi connectivity index (χ1) is 9.46. The molecule has 0 unspecified atom stereocenters. The summed E-state index contributed by atoms with van der Waals surface area (Å²) in [5, 5.41) is 0. The molecule has 0 aliphatic heterocycles. The SMILES string of the molecule is CCN(C1CCCCC1)S(=O)(=O)c1ccc(F)c(N)c1. The fourth-order valence-electron chi connectivity index (χ4n) is 2.81. The lowest BCUT2D eigenvalue weighted by molar-refractivity contribution is 0.261. The highest BCUT2D eigenvalue weighted by atomic mass is 32.2. The van der Waals surface area contributed by atoms with E-state index in [4.69, 9.17) is 5.73 Å². The molecule has 0 bridgehead atoms. The van der Waals surface area contributed by atoms with E-state index in [0.29, 0.717) is 6.54 Å². The van der Waals surface area contributed by atoms with Crippen molar-refractivity contribution < 1.29 is 12.8 Å². The average Bonchev–Trinajstić information content (AvgIpc) is 2.43. The van der Waals surface area contributed by atoms with E-state index in [9.17, 15) is 12.8 Å². The van der Waals surface area contributed by atoms with Crippen LogP contribution >= 0.6 is 0 Å². The number of hydrogen-bond acceptors (Lipinski definition) is 3. The van der Waals surface area contributed by atoms with E-state index in [-0.39, 0.29) is 16.6 Å². The van der Waals surface area contributed by atoms with Crippen LogP contribution in [-0.4, -0.2) is 25.3 Å². The summed E-state index contributed by atoms with van der Waals surface area (Å²) in [6.07, 6.45) is 5.07. The van der Waals surface area contributed by atoms with Crippen LogP contribution < -0.4 is 5.73 Å². The van der Waals surface area contributed by atoms with Gasteiger partial charge in [-0.3, -0.25) is 0 Å². The second kappa shape index (κ2) is 6.10. The molecule has 0 aromatic heterocycles. The molecular weight excluding hydrogens is 279 g/mol. The first-order valence-corrected chi connectivity index (χ1v) is 8.47. The summed E-state index contributed by atoms with van der Waals surface area (Å²) in [7, 11) is -3.60. The van der Waals surface area contributed by atoms with Gasteiger partial charge in [-0.15, -0.1) is 0 Å². The van der Waals surface area contributed by atoms with Crippen molar-refractivity contribution in [1.29, 1.82) is 0 Å². The normalized spacial score (nSPS) is 17.6. The standard InChI is InChI=1S/C14H21FN2O2S/c1-2-17(11-6-4-3-5-7-11)20(18,19)12-8-9-13(15)14(16)10-12/h8-11H,2-7,16H2,1H3. The van der Waals surface area contributed by atoms with Gasteiger partial charge in [0.15, 0.2) is 0 Å². The maximum atomic E-state index is 13.2. The second-order valence-electron chi connectivity index (χ2n) is 5.18. The Hall–Kier alpha value is -1.14. The Balaban J connectivity index is 2.32. The number of halogens is 1. The lowest BCUT2D eigenvalue weighted by Crippen LogP contribution is -2.41. The molecule has 0 amide bonds. The summed E-state index contributed by atoms with van der Waals surface area (Å²) < 4.78 is 40.1. The average molecular weight is 300 g/mol. The van der Waals surface area contributed by atoms with Crippen LogP contribution in [0.4, 0.5) is 10.1 Å². The number of rotatable bonds is 4. The van der Waals surface area contributed by atoms with Crippen molar-refractivity contribution in [3.05, 3.63) is 24.0 Å². The van der Waals surface area contributed by atoms with Crippen LogP contribution in [0, 0.1) is 5.82 Å². The van der Waals surface area contributed by atoms with Gasteiger partial charge in [0.2, 0.25) is 10.0 Å². The summed E-state index contributed by atoms with van der Waals surface area (Å²) in [6.45, 7) is 2.25. The molecule has 20 heavy (non-hydrogen) atoms. The molecule has 0 atom stereocenters. The van der Waals surface area contributed by atoms with E-state index in [2.05, 4.69) is 0 Å². The number of anilines is 1. The lowest BCUT2D eigenvalue weighted by Gasteiger charge is -2.32. The molecule has 1 aliphatic rings. The lowest BCUT2D eigenvalue weighted by atomic mass is 9.95. The summed E-state index contributed by atoms with van der Waals surface area (Å²) in [5.74, 6) is -0.593. The van der Waals surface area contributed by atoms with E-state index in [1.165, 1.54) is 16.4 Å². The third-order valence-electron chi connectivity index (χ3n) is 3.87. The zero-order valence-electron chi connectivity index (χ0n) is 11.7. The first kappa shape index (κ1) is 15.3. The Morgan fingerprint density at radius 2 is 1.95 bits per heavy atom. The van der Waals surface area contributed by atoms with Crippen molar-refractivity contribution >= 4 is 15.7 Å². The zero-order chi connectivity index (χ0) is 14.8. The highest BCUT2D eigenvalue weighted by Crippen LogP contribution is 2.28. The Labute approximate surface area is 119 Å². The third kappa shape index (κ3) is 2.96. The molecule has 6 heteroatoms. The summed E-state index contributed by atoms with van der Waals surface area (Å²) >= 11 is 0. The van der Waals surface area contributed by atoms with E-state index in [1.54, 1.807) is 0 Å². The van der Waals surface area contributed by atoms with Gasteiger partial charge in [-0.25, -0.2) is 12.8 Å². The Morgan fingerprint density at radius 1 is 1.30 bits per heavy atom. The molecule has 1 aliphatic carbocycles. The highest BCUT2D eigenvalue weighted by molar-refractivity contribution is 7.89. The molecule has 0 heterocycles. The number of nitrogen functional groups attached to an aromatic ring is 1. The van der Waals surface area contributed by atoms with E-state index in [0.717, 1.165) is 38.2 Å². The van der Waals surface area contributed by atoms with Gasteiger partial charge in [-0.05, 0) is 31.0 Å². The summed E-state index contributed by atoms with van der Waals surface area (Å²) in [5.41, 5.74) is 5.35. The Kier molecular flexibility index (Phi) is 4.65. The summed E-state index contributed by atoms with van der Waals surface area (Å²) in [6, 6.07) is 3.64. The van der Waals surface area contributed by atoms with Gasteiger partial charge in [0, 0.05) is 12.6 Å². The van der Waals surface area contributed by atoms with Crippen LogP contribution in [0.2, 0.25) is 0 Å². The molecule has 2 rings (SSSR count). The molecular formula is C14H21FN2O2S. The topological polar surface area (TPSA) is 63.4 Å². The van der Waals surface area contributed by atoms with Crippen molar-refractivity contribution in [2.75, 3.05) is 12.3 Å². The minimum Gasteiger partial charge on any atom is -0.396 e. The van der Waals surface area contributed by atoms with Gasteiger partial charge in [-0.1, -0.05) is 26.2 Å². The molecule has 0 saturated heterocycles. The van der Waals surface area contributed by atoms with Crippen LogP contribution in [0.3, 0.4) is 0 Å². The number of nitrogens with zero attached hydrogens (tertiary/aromatic N) is 1. The molecule has 112 valence electrons.